The smallest absolute Gasteiger partial charge is 0.226 e. The van der Waals surface area contributed by atoms with Gasteiger partial charge in [-0.3, -0.25) is 4.79 Å². The molecule has 1 aromatic carbocycles. The highest BCUT2D eigenvalue weighted by atomic mass is 35.5. The number of fused-ring (bicyclic) bond motifs is 1. The minimum Gasteiger partial charge on any atom is -0.391 e. The van der Waals surface area contributed by atoms with E-state index in [2.05, 4.69) is 6.07 Å². The van der Waals surface area contributed by atoms with Gasteiger partial charge in [-0.05, 0) is 55.2 Å². The molecule has 112 valence electrons. The minimum atomic E-state index is -0.315. The van der Waals surface area contributed by atoms with Crippen molar-refractivity contribution in [1.82, 2.24) is 4.90 Å². The fraction of sp³-hybridized carbons (Fsp3) is 0.588. The van der Waals surface area contributed by atoms with Crippen LogP contribution in [0.25, 0.3) is 0 Å². The number of carbonyl (C=O) groups is 1. The van der Waals surface area contributed by atoms with Gasteiger partial charge >= 0.3 is 0 Å². The topological polar surface area (TPSA) is 40.5 Å². The van der Waals surface area contributed by atoms with E-state index in [-0.39, 0.29) is 24.0 Å². The van der Waals surface area contributed by atoms with Crippen molar-refractivity contribution in [3.05, 3.63) is 34.9 Å². The van der Waals surface area contributed by atoms with Gasteiger partial charge in [-0.25, -0.2) is 0 Å². The van der Waals surface area contributed by atoms with Crippen LogP contribution in [0.5, 0.6) is 0 Å². The Labute approximate surface area is 129 Å². The molecular formula is C17H20ClNO2. The Hall–Kier alpha value is -1.06. The van der Waals surface area contributed by atoms with Crippen molar-refractivity contribution in [3.63, 3.8) is 0 Å². The molecule has 4 heteroatoms. The molecule has 0 unspecified atom stereocenters. The fourth-order valence-electron chi connectivity index (χ4n) is 4.32. The van der Waals surface area contributed by atoms with Crippen LogP contribution in [0.2, 0.25) is 5.02 Å². The molecular weight excluding hydrogens is 286 g/mol. The van der Waals surface area contributed by atoms with Gasteiger partial charge in [0.05, 0.1) is 12.1 Å². The van der Waals surface area contributed by atoms with E-state index in [1.165, 1.54) is 5.56 Å². The Bertz CT molecular complexity index is 576. The molecule has 0 radical (unpaired) electrons. The van der Waals surface area contributed by atoms with Gasteiger partial charge in [0.1, 0.15) is 0 Å². The molecule has 3 aliphatic rings. The monoisotopic (exact) mass is 305 g/mol. The second-order valence-electron chi connectivity index (χ2n) is 6.72. The Kier molecular flexibility index (Phi) is 3.23. The van der Waals surface area contributed by atoms with Crippen LogP contribution >= 0.6 is 11.6 Å². The first-order valence-electron chi connectivity index (χ1n) is 7.89. The van der Waals surface area contributed by atoms with Crippen molar-refractivity contribution < 1.29 is 9.90 Å². The number of aliphatic hydroxyl groups excluding tert-OH is 1. The van der Waals surface area contributed by atoms with Gasteiger partial charge < -0.3 is 10.0 Å². The lowest BCUT2D eigenvalue weighted by Crippen LogP contribution is -2.43. The third-order valence-corrected chi connectivity index (χ3v) is 5.71. The molecule has 1 amide bonds. The lowest BCUT2D eigenvalue weighted by Gasteiger charge is -2.27. The van der Waals surface area contributed by atoms with Crippen molar-refractivity contribution in [2.24, 2.45) is 11.8 Å². The summed E-state index contributed by atoms with van der Waals surface area (Å²) in [7, 11) is 0. The van der Waals surface area contributed by atoms with Crippen LogP contribution in [0.3, 0.4) is 0 Å². The highest BCUT2D eigenvalue weighted by Crippen LogP contribution is 2.50. The number of benzene rings is 1. The number of hydrogen-bond acceptors (Lipinski definition) is 2. The largest absolute Gasteiger partial charge is 0.391 e. The number of hydrogen-bond donors (Lipinski definition) is 1. The molecule has 1 N–H and O–H groups in total. The first-order chi connectivity index (χ1) is 10.1. The van der Waals surface area contributed by atoms with Crippen molar-refractivity contribution in [2.75, 3.05) is 6.54 Å². The molecule has 21 heavy (non-hydrogen) atoms. The molecule has 4 rings (SSSR count). The highest BCUT2D eigenvalue weighted by Gasteiger charge is 2.51. The molecule has 1 aromatic rings. The van der Waals surface area contributed by atoms with Crippen molar-refractivity contribution in [2.45, 2.75) is 43.7 Å². The van der Waals surface area contributed by atoms with Gasteiger partial charge in [0.25, 0.3) is 0 Å². The van der Waals surface area contributed by atoms with Crippen LogP contribution in [0.15, 0.2) is 24.3 Å². The first-order valence-corrected chi connectivity index (χ1v) is 8.27. The number of halogens is 1. The van der Waals surface area contributed by atoms with Gasteiger partial charge in [0, 0.05) is 17.5 Å². The van der Waals surface area contributed by atoms with E-state index in [9.17, 15) is 9.90 Å². The summed E-state index contributed by atoms with van der Waals surface area (Å²) in [6.07, 6.45) is 3.58. The van der Waals surface area contributed by atoms with Crippen molar-refractivity contribution >= 4 is 17.5 Å². The maximum absolute atomic E-state index is 12.7. The summed E-state index contributed by atoms with van der Waals surface area (Å²) in [6.45, 7) is 0.823. The standard InChI is InChI=1S/C17H20ClNO2/c18-12-3-1-2-11(8-12)13-9-14(13)17(21)19-7-6-10-4-5-15(20)16(10)19/h1-3,8,10,13-16,20H,4-7,9H2/t10-,13-,14+,15+,16+/m0/s1. The predicted octanol–water partition coefficient (Wildman–Crippen LogP) is 2.82. The van der Waals surface area contributed by atoms with E-state index >= 15 is 0 Å². The second-order valence-corrected chi connectivity index (χ2v) is 7.16. The van der Waals surface area contributed by atoms with E-state index in [1.54, 1.807) is 0 Å². The van der Waals surface area contributed by atoms with Crippen molar-refractivity contribution in [3.8, 4) is 0 Å². The van der Waals surface area contributed by atoms with Crippen LogP contribution in [0, 0.1) is 11.8 Å². The van der Waals surface area contributed by atoms with Crippen LogP contribution in [-0.2, 0) is 4.79 Å². The SMILES string of the molecule is O=C([C@@H]1C[C@H]1c1cccc(Cl)c1)N1CC[C@@H]2CC[C@@H](O)[C@@H]21. The third-order valence-electron chi connectivity index (χ3n) is 5.48. The van der Waals surface area contributed by atoms with E-state index < -0.39 is 0 Å². The predicted molar refractivity (Wildman–Crippen MR) is 81.1 cm³/mol. The summed E-state index contributed by atoms with van der Waals surface area (Å²) in [4.78, 5) is 14.7. The summed E-state index contributed by atoms with van der Waals surface area (Å²) in [5, 5.41) is 10.9. The van der Waals surface area contributed by atoms with Crippen LogP contribution in [0.4, 0.5) is 0 Å². The lowest BCUT2D eigenvalue weighted by atomic mass is 10.0. The quantitative estimate of drug-likeness (QED) is 0.913. The number of carbonyl (C=O) groups excluding carboxylic acids is 1. The number of likely N-dealkylation sites (tertiary alicyclic amines) is 1. The van der Waals surface area contributed by atoms with Crippen LogP contribution < -0.4 is 0 Å². The molecule has 3 fully saturated rings. The Morgan fingerprint density at radius 1 is 1.29 bits per heavy atom. The summed E-state index contributed by atoms with van der Waals surface area (Å²) >= 11 is 6.03. The molecule has 1 heterocycles. The number of rotatable bonds is 2. The van der Waals surface area contributed by atoms with Gasteiger partial charge in [0.2, 0.25) is 5.91 Å². The van der Waals surface area contributed by atoms with E-state index in [0.29, 0.717) is 11.8 Å². The lowest BCUT2D eigenvalue weighted by molar-refractivity contribution is -0.135. The van der Waals surface area contributed by atoms with Gasteiger partial charge in [0.15, 0.2) is 0 Å². The fourth-order valence-corrected chi connectivity index (χ4v) is 4.51. The Morgan fingerprint density at radius 3 is 2.95 bits per heavy atom. The highest BCUT2D eigenvalue weighted by molar-refractivity contribution is 6.30. The third kappa shape index (κ3) is 2.27. The van der Waals surface area contributed by atoms with Gasteiger partial charge in [-0.2, -0.15) is 0 Å². The van der Waals surface area contributed by atoms with Gasteiger partial charge in [-0.15, -0.1) is 0 Å². The van der Waals surface area contributed by atoms with Crippen LogP contribution in [0.1, 0.15) is 37.2 Å². The van der Waals surface area contributed by atoms with Crippen LogP contribution in [-0.4, -0.2) is 34.6 Å². The van der Waals surface area contributed by atoms with Gasteiger partial charge in [-0.1, -0.05) is 23.7 Å². The molecule has 1 aliphatic heterocycles. The van der Waals surface area contributed by atoms with E-state index in [0.717, 1.165) is 37.3 Å². The number of amides is 1. The number of aliphatic hydroxyl groups is 1. The molecule has 2 aliphatic carbocycles. The average Bonchev–Trinajstić information content (AvgIpc) is 3.03. The molecule has 2 saturated carbocycles. The Morgan fingerprint density at radius 2 is 2.14 bits per heavy atom. The summed E-state index contributed by atoms with van der Waals surface area (Å²) in [5.41, 5.74) is 1.17. The molecule has 0 spiro atoms. The zero-order valence-electron chi connectivity index (χ0n) is 11.9. The molecule has 1 saturated heterocycles. The van der Waals surface area contributed by atoms with Crippen molar-refractivity contribution in [1.29, 1.82) is 0 Å². The van der Waals surface area contributed by atoms with E-state index in [4.69, 9.17) is 11.6 Å². The average molecular weight is 306 g/mol. The summed E-state index contributed by atoms with van der Waals surface area (Å²) < 4.78 is 0. The Balaban J connectivity index is 1.47. The molecule has 0 aromatic heterocycles. The molecule has 0 bridgehead atoms. The maximum atomic E-state index is 12.7. The minimum absolute atomic E-state index is 0.0816. The number of nitrogens with zero attached hydrogens (tertiary/aromatic N) is 1. The summed E-state index contributed by atoms with van der Waals surface area (Å²) in [6, 6.07) is 7.92. The maximum Gasteiger partial charge on any atom is 0.226 e. The zero-order valence-corrected chi connectivity index (χ0v) is 12.7. The first kappa shape index (κ1) is 13.6. The van der Waals surface area contributed by atoms with E-state index in [1.807, 2.05) is 23.1 Å². The second kappa shape index (κ2) is 4.99. The summed E-state index contributed by atoms with van der Waals surface area (Å²) in [5.74, 6) is 1.17. The zero-order chi connectivity index (χ0) is 14.6. The molecule has 3 nitrogen and oxygen atoms in total. The normalized spacial score (nSPS) is 37.6. The molecule has 5 atom stereocenters.